The monoisotopic (exact) mass is 246 g/mol. The molecule has 2 nitrogen and oxygen atoms in total. The second-order valence-electron chi connectivity index (χ2n) is 6.19. The second-order valence-corrected chi connectivity index (χ2v) is 6.19. The highest BCUT2D eigenvalue weighted by molar-refractivity contribution is 5.32. The molecule has 0 aromatic heterocycles. The van der Waals surface area contributed by atoms with Crippen molar-refractivity contribution >= 4 is 0 Å². The molecule has 0 heterocycles. The fourth-order valence-electron chi connectivity index (χ4n) is 2.78. The number of likely N-dealkylation sites (N-methyl/N-ethyl adjacent to an activating group) is 1. The minimum atomic E-state index is 0.0897. The summed E-state index contributed by atoms with van der Waals surface area (Å²) < 4.78 is 0. The van der Waals surface area contributed by atoms with Gasteiger partial charge in [0.1, 0.15) is 0 Å². The van der Waals surface area contributed by atoms with Crippen LogP contribution < -0.4 is 5.73 Å². The molecule has 0 saturated carbocycles. The lowest BCUT2D eigenvalue weighted by Gasteiger charge is -2.38. The Morgan fingerprint density at radius 3 is 2.78 bits per heavy atom. The Morgan fingerprint density at radius 2 is 2.06 bits per heavy atom. The van der Waals surface area contributed by atoms with Crippen LogP contribution >= 0.6 is 0 Å². The summed E-state index contributed by atoms with van der Waals surface area (Å²) in [4.78, 5) is 2.42. The Hall–Kier alpha value is -0.860. The van der Waals surface area contributed by atoms with E-state index < -0.39 is 0 Å². The molecule has 1 aromatic rings. The van der Waals surface area contributed by atoms with Crippen LogP contribution in [0.5, 0.6) is 0 Å². The molecule has 1 aromatic carbocycles. The second kappa shape index (κ2) is 5.41. The first-order chi connectivity index (χ1) is 8.54. The minimum Gasteiger partial charge on any atom is -0.329 e. The van der Waals surface area contributed by atoms with E-state index in [1.54, 1.807) is 11.1 Å². The van der Waals surface area contributed by atoms with E-state index in [-0.39, 0.29) is 5.54 Å². The Labute approximate surface area is 111 Å². The summed E-state index contributed by atoms with van der Waals surface area (Å²) in [5, 5.41) is 0. The Balaban J connectivity index is 2.12. The Bertz CT molecular complexity index is 398. The van der Waals surface area contributed by atoms with Gasteiger partial charge < -0.3 is 5.73 Å². The molecule has 0 bridgehead atoms. The summed E-state index contributed by atoms with van der Waals surface area (Å²) in [6, 6.07) is 8.93. The van der Waals surface area contributed by atoms with E-state index in [4.69, 9.17) is 5.73 Å². The molecule has 0 fully saturated rings. The van der Waals surface area contributed by atoms with Crippen LogP contribution in [-0.2, 0) is 6.42 Å². The zero-order chi connectivity index (χ0) is 13.2. The van der Waals surface area contributed by atoms with Crippen molar-refractivity contribution in [3.05, 3.63) is 35.4 Å². The third-order valence-corrected chi connectivity index (χ3v) is 4.52. The van der Waals surface area contributed by atoms with Gasteiger partial charge in [-0.3, -0.25) is 4.90 Å². The van der Waals surface area contributed by atoms with E-state index in [0.717, 1.165) is 6.54 Å². The molecular weight excluding hydrogens is 220 g/mol. The first kappa shape index (κ1) is 13.6. The van der Waals surface area contributed by atoms with Gasteiger partial charge in [0, 0.05) is 18.6 Å². The smallest absolute Gasteiger partial charge is 0.0272 e. The van der Waals surface area contributed by atoms with Crippen molar-refractivity contribution in [3.63, 3.8) is 0 Å². The van der Waals surface area contributed by atoms with E-state index in [1.165, 1.54) is 19.3 Å². The summed E-state index contributed by atoms with van der Waals surface area (Å²) in [5.41, 5.74) is 9.06. The van der Waals surface area contributed by atoms with Crippen molar-refractivity contribution in [1.82, 2.24) is 4.90 Å². The van der Waals surface area contributed by atoms with Gasteiger partial charge in [0.15, 0.2) is 0 Å². The molecule has 0 radical (unpaired) electrons. The molecule has 1 atom stereocenters. The quantitative estimate of drug-likeness (QED) is 0.885. The summed E-state index contributed by atoms with van der Waals surface area (Å²) in [5.74, 6) is 0.672. The first-order valence-electron chi connectivity index (χ1n) is 7.03. The van der Waals surface area contributed by atoms with Crippen LogP contribution in [0.15, 0.2) is 24.3 Å². The average Bonchev–Trinajstić information content (AvgIpc) is 2.39. The van der Waals surface area contributed by atoms with E-state index in [0.29, 0.717) is 12.5 Å². The standard InChI is InChI=1S/C16H26N2/c1-16(2,12-17)18(3)11-14-9-6-8-13-7-4-5-10-15(13)14/h4-5,7,10,14H,6,8-9,11-12,17H2,1-3H3. The summed E-state index contributed by atoms with van der Waals surface area (Å²) in [6.07, 6.45) is 3.87. The van der Waals surface area contributed by atoms with Gasteiger partial charge in [0.05, 0.1) is 0 Å². The number of fused-ring (bicyclic) bond motifs is 1. The summed E-state index contributed by atoms with van der Waals surface area (Å²) >= 11 is 0. The summed E-state index contributed by atoms with van der Waals surface area (Å²) in [6.45, 7) is 6.27. The van der Waals surface area contributed by atoms with Gasteiger partial charge in [-0.1, -0.05) is 24.3 Å². The number of aryl methyl sites for hydroxylation is 1. The number of nitrogens with two attached hydrogens (primary N) is 1. The minimum absolute atomic E-state index is 0.0897. The molecule has 2 N–H and O–H groups in total. The molecular formula is C16H26N2. The van der Waals surface area contributed by atoms with Gasteiger partial charge in [-0.25, -0.2) is 0 Å². The van der Waals surface area contributed by atoms with Crippen LogP contribution in [0.3, 0.4) is 0 Å². The van der Waals surface area contributed by atoms with Crippen molar-refractivity contribution in [2.24, 2.45) is 5.73 Å². The lowest BCUT2D eigenvalue weighted by Crippen LogP contribution is -2.48. The molecule has 100 valence electrons. The number of hydrogen-bond acceptors (Lipinski definition) is 2. The number of hydrogen-bond donors (Lipinski definition) is 1. The fourth-order valence-corrected chi connectivity index (χ4v) is 2.78. The van der Waals surface area contributed by atoms with Crippen LogP contribution in [0.1, 0.15) is 43.7 Å². The number of rotatable bonds is 4. The predicted molar refractivity (Wildman–Crippen MR) is 77.9 cm³/mol. The van der Waals surface area contributed by atoms with E-state index >= 15 is 0 Å². The van der Waals surface area contributed by atoms with Crippen molar-refractivity contribution < 1.29 is 0 Å². The van der Waals surface area contributed by atoms with E-state index in [1.807, 2.05) is 0 Å². The summed E-state index contributed by atoms with van der Waals surface area (Å²) in [7, 11) is 2.20. The maximum atomic E-state index is 5.87. The van der Waals surface area contributed by atoms with Gasteiger partial charge in [-0.05, 0) is 57.2 Å². The SMILES string of the molecule is CN(CC1CCCc2ccccc21)C(C)(C)CN. The molecule has 0 spiro atoms. The van der Waals surface area contributed by atoms with Gasteiger partial charge in [0.25, 0.3) is 0 Å². The highest BCUT2D eigenvalue weighted by Crippen LogP contribution is 2.32. The van der Waals surface area contributed by atoms with Crippen LogP contribution in [0.4, 0.5) is 0 Å². The zero-order valence-electron chi connectivity index (χ0n) is 11.9. The molecule has 1 aliphatic rings. The molecule has 18 heavy (non-hydrogen) atoms. The van der Waals surface area contributed by atoms with Crippen molar-refractivity contribution in [2.75, 3.05) is 20.1 Å². The highest BCUT2D eigenvalue weighted by atomic mass is 15.2. The molecule has 0 aliphatic heterocycles. The van der Waals surface area contributed by atoms with E-state index in [9.17, 15) is 0 Å². The van der Waals surface area contributed by atoms with Crippen LogP contribution in [0.2, 0.25) is 0 Å². The van der Waals surface area contributed by atoms with Gasteiger partial charge in [-0.2, -0.15) is 0 Å². The average molecular weight is 246 g/mol. The van der Waals surface area contributed by atoms with Crippen molar-refractivity contribution in [3.8, 4) is 0 Å². The largest absolute Gasteiger partial charge is 0.329 e. The van der Waals surface area contributed by atoms with Gasteiger partial charge in [-0.15, -0.1) is 0 Å². The third-order valence-electron chi connectivity index (χ3n) is 4.52. The van der Waals surface area contributed by atoms with Crippen molar-refractivity contribution in [1.29, 1.82) is 0 Å². The van der Waals surface area contributed by atoms with Crippen LogP contribution in [-0.4, -0.2) is 30.6 Å². The molecule has 2 heteroatoms. The Morgan fingerprint density at radius 1 is 1.33 bits per heavy atom. The number of benzene rings is 1. The predicted octanol–water partition coefficient (Wildman–Crippen LogP) is 2.78. The molecule has 2 rings (SSSR count). The lowest BCUT2D eigenvalue weighted by atomic mass is 9.82. The fraction of sp³-hybridized carbons (Fsp3) is 0.625. The maximum absolute atomic E-state index is 5.87. The van der Waals surface area contributed by atoms with Gasteiger partial charge in [0.2, 0.25) is 0 Å². The molecule has 0 saturated heterocycles. The molecule has 1 unspecified atom stereocenters. The number of nitrogens with zero attached hydrogens (tertiary/aromatic N) is 1. The Kier molecular flexibility index (Phi) is 4.08. The topological polar surface area (TPSA) is 29.3 Å². The van der Waals surface area contributed by atoms with Crippen LogP contribution in [0, 0.1) is 0 Å². The molecule has 1 aliphatic carbocycles. The van der Waals surface area contributed by atoms with Crippen LogP contribution in [0.25, 0.3) is 0 Å². The normalized spacial score (nSPS) is 19.9. The third kappa shape index (κ3) is 2.76. The lowest BCUT2D eigenvalue weighted by molar-refractivity contribution is 0.150. The zero-order valence-corrected chi connectivity index (χ0v) is 11.9. The van der Waals surface area contributed by atoms with Gasteiger partial charge >= 0.3 is 0 Å². The maximum Gasteiger partial charge on any atom is 0.0272 e. The van der Waals surface area contributed by atoms with E-state index in [2.05, 4.69) is 50.1 Å². The first-order valence-corrected chi connectivity index (χ1v) is 7.03. The molecule has 0 amide bonds. The van der Waals surface area contributed by atoms with Crippen molar-refractivity contribution in [2.45, 2.75) is 44.6 Å². The highest BCUT2D eigenvalue weighted by Gasteiger charge is 2.27.